The van der Waals surface area contributed by atoms with Gasteiger partial charge >= 0.3 is 6.09 Å². The Hall–Kier alpha value is -0.810. The largest absolute Gasteiger partial charge is 0.444 e. The Morgan fingerprint density at radius 3 is 2.70 bits per heavy atom. The molecule has 0 bridgehead atoms. The van der Waals surface area contributed by atoms with E-state index in [1.807, 2.05) is 25.7 Å². The van der Waals surface area contributed by atoms with E-state index in [9.17, 15) is 4.79 Å². The third-order valence-corrected chi connectivity index (χ3v) is 4.54. The number of ether oxygens (including phenoxy) is 2. The first-order valence-electron chi connectivity index (χ1n) is 8.94. The third kappa shape index (κ3) is 6.30. The maximum Gasteiger partial charge on any atom is 0.410 e. The van der Waals surface area contributed by atoms with E-state index < -0.39 is 5.60 Å². The Balaban J connectivity index is 1.88. The van der Waals surface area contributed by atoms with E-state index in [0.717, 1.165) is 52.1 Å². The molecule has 1 N–H and O–H groups in total. The summed E-state index contributed by atoms with van der Waals surface area (Å²) in [5.74, 6) is 0.642. The van der Waals surface area contributed by atoms with E-state index in [2.05, 4.69) is 19.2 Å². The lowest BCUT2D eigenvalue weighted by Gasteiger charge is -2.32. The van der Waals surface area contributed by atoms with Crippen molar-refractivity contribution in [2.24, 2.45) is 11.3 Å². The molecule has 0 aromatic carbocycles. The Bertz CT molecular complexity index is 398. The lowest BCUT2D eigenvalue weighted by atomic mass is 9.85. The van der Waals surface area contributed by atoms with Crippen molar-refractivity contribution < 1.29 is 14.3 Å². The number of likely N-dealkylation sites (tertiary alicyclic amines) is 1. The summed E-state index contributed by atoms with van der Waals surface area (Å²) in [5.41, 5.74) is -0.342. The molecule has 2 atom stereocenters. The lowest BCUT2D eigenvalue weighted by molar-refractivity contribution is 0.0200. The predicted molar refractivity (Wildman–Crippen MR) is 91.5 cm³/mol. The van der Waals surface area contributed by atoms with Gasteiger partial charge in [-0.1, -0.05) is 13.8 Å². The first kappa shape index (κ1) is 18.5. The Labute approximate surface area is 141 Å². The topological polar surface area (TPSA) is 50.8 Å². The van der Waals surface area contributed by atoms with Gasteiger partial charge in [-0.2, -0.15) is 0 Å². The first-order chi connectivity index (χ1) is 10.6. The van der Waals surface area contributed by atoms with Crippen LogP contribution in [0.2, 0.25) is 0 Å². The summed E-state index contributed by atoms with van der Waals surface area (Å²) in [6.45, 7) is 14.6. The SMILES string of the molecule is CC1(C)CC(NCC2CCOC2)CCN(C(=O)OC(C)(C)C)C1. The number of hydrogen-bond donors (Lipinski definition) is 1. The Kier molecular flexibility index (Phi) is 5.95. The number of amides is 1. The summed E-state index contributed by atoms with van der Waals surface area (Å²) in [7, 11) is 0. The highest BCUT2D eigenvalue weighted by Gasteiger charge is 2.34. The van der Waals surface area contributed by atoms with Gasteiger partial charge in [0.2, 0.25) is 0 Å². The van der Waals surface area contributed by atoms with Gasteiger partial charge in [-0.05, 0) is 51.4 Å². The Morgan fingerprint density at radius 1 is 1.35 bits per heavy atom. The van der Waals surface area contributed by atoms with Crippen molar-refractivity contribution in [2.45, 2.75) is 65.5 Å². The number of nitrogens with zero attached hydrogens (tertiary/aromatic N) is 1. The van der Waals surface area contributed by atoms with Crippen LogP contribution in [0.1, 0.15) is 53.9 Å². The van der Waals surface area contributed by atoms with Gasteiger partial charge in [-0.25, -0.2) is 4.79 Å². The van der Waals surface area contributed by atoms with Crippen molar-refractivity contribution in [3.8, 4) is 0 Å². The molecular weight excluding hydrogens is 292 g/mol. The molecule has 2 unspecified atom stereocenters. The predicted octanol–water partition coefficient (Wildman–Crippen LogP) is 3.04. The molecule has 2 fully saturated rings. The maximum absolute atomic E-state index is 12.4. The molecule has 0 aliphatic carbocycles. The summed E-state index contributed by atoms with van der Waals surface area (Å²) in [4.78, 5) is 14.3. The molecule has 5 nitrogen and oxygen atoms in total. The molecule has 0 spiro atoms. The van der Waals surface area contributed by atoms with Crippen LogP contribution in [0.4, 0.5) is 4.79 Å². The molecule has 23 heavy (non-hydrogen) atoms. The highest BCUT2D eigenvalue weighted by atomic mass is 16.6. The van der Waals surface area contributed by atoms with Gasteiger partial charge in [0.05, 0.1) is 6.61 Å². The molecule has 5 heteroatoms. The van der Waals surface area contributed by atoms with Gasteiger partial charge in [0.15, 0.2) is 0 Å². The van der Waals surface area contributed by atoms with Crippen LogP contribution >= 0.6 is 0 Å². The Morgan fingerprint density at radius 2 is 2.09 bits per heavy atom. The second kappa shape index (κ2) is 7.39. The molecule has 0 aromatic heterocycles. The normalized spacial score (nSPS) is 28.5. The molecular formula is C18H34N2O3. The van der Waals surface area contributed by atoms with E-state index in [1.165, 1.54) is 0 Å². The molecule has 2 heterocycles. The van der Waals surface area contributed by atoms with E-state index in [-0.39, 0.29) is 11.5 Å². The third-order valence-electron chi connectivity index (χ3n) is 4.54. The van der Waals surface area contributed by atoms with Crippen molar-refractivity contribution in [1.82, 2.24) is 10.2 Å². The van der Waals surface area contributed by atoms with Crippen LogP contribution in [0.3, 0.4) is 0 Å². The average Bonchev–Trinajstić information content (AvgIpc) is 2.85. The fraction of sp³-hybridized carbons (Fsp3) is 0.944. The van der Waals surface area contributed by atoms with E-state index in [1.54, 1.807) is 0 Å². The summed E-state index contributed by atoms with van der Waals surface area (Å²) in [6.07, 6.45) is 3.04. The average molecular weight is 326 g/mol. The quantitative estimate of drug-likeness (QED) is 0.866. The van der Waals surface area contributed by atoms with Crippen LogP contribution in [0, 0.1) is 11.3 Å². The second-order valence-corrected chi connectivity index (χ2v) is 8.89. The van der Waals surface area contributed by atoms with Crippen molar-refractivity contribution in [1.29, 1.82) is 0 Å². The van der Waals surface area contributed by atoms with E-state index in [4.69, 9.17) is 9.47 Å². The van der Waals surface area contributed by atoms with Crippen LogP contribution < -0.4 is 5.32 Å². The number of rotatable bonds is 3. The van der Waals surface area contributed by atoms with Gasteiger partial charge in [-0.3, -0.25) is 0 Å². The number of nitrogens with one attached hydrogen (secondary N) is 1. The van der Waals surface area contributed by atoms with Gasteiger partial charge in [0.25, 0.3) is 0 Å². The summed E-state index contributed by atoms with van der Waals surface area (Å²) >= 11 is 0. The van der Waals surface area contributed by atoms with Crippen LogP contribution in [0.25, 0.3) is 0 Å². The van der Waals surface area contributed by atoms with Crippen molar-refractivity contribution in [3.05, 3.63) is 0 Å². The van der Waals surface area contributed by atoms with E-state index in [0.29, 0.717) is 12.0 Å². The van der Waals surface area contributed by atoms with Crippen LogP contribution in [-0.2, 0) is 9.47 Å². The van der Waals surface area contributed by atoms with Gasteiger partial charge in [0, 0.05) is 32.3 Å². The molecule has 1 amide bonds. The van der Waals surface area contributed by atoms with Crippen LogP contribution in [-0.4, -0.2) is 55.5 Å². The highest BCUT2D eigenvalue weighted by Crippen LogP contribution is 2.29. The van der Waals surface area contributed by atoms with Gasteiger partial charge in [0.1, 0.15) is 5.60 Å². The first-order valence-corrected chi connectivity index (χ1v) is 8.94. The zero-order chi connectivity index (χ0) is 17.1. The van der Waals surface area contributed by atoms with Crippen LogP contribution in [0.5, 0.6) is 0 Å². The molecule has 2 rings (SSSR count). The molecule has 2 saturated heterocycles. The fourth-order valence-electron chi connectivity index (χ4n) is 3.48. The smallest absolute Gasteiger partial charge is 0.410 e. The lowest BCUT2D eigenvalue weighted by Crippen LogP contribution is -2.41. The molecule has 134 valence electrons. The van der Waals surface area contributed by atoms with Crippen molar-refractivity contribution in [3.63, 3.8) is 0 Å². The number of hydrogen-bond acceptors (Lipinski definition) is 4. The maximum atomic E-state index is 12.4. The number of carbonyl (C=O) groups is 1. The van der Waals surface area contributed by atoms with Crippen molar-refractivity contribution in [2.75, 3.05) is 32.8 Å². The highest BCUT2D eigenvalue weighted by molar-refractivity contribution is 5.68. The second-order valence-electron chi connectivity index (χ2n) is 8.89. The standard InChI is InChI=1S/C18H34N2O3/c1-17(2,3)23-16(21)20-8-6-15(10-18(4,5)13-20)19-11-14-7-9-22-12-14/h14-15,19H,6-13H2,1-5H3. The number of carbonyl (C=O) groups excluding carboxylic acids is 1. The monoisotopic (exact) mass is 326 g/mol. The molecule has 2 aliphatic heterocycles. The molecule has 0 radical (unpaired) electrons. The van der Waals surface area contributed by atoms with Crippen molar-refractivity contribution >= 4 is 6.09 Å². The van der Waals surface area contributed by atoms with Crippen LogP contribution in [0.15, 0.2) is 0 Å². The van der Waals surface area contributed by atoms with E-state index >= 15 is 0 Å². The van der Waals surface area contributed by atoms with Gasteiger partial charge < -0.3 is 19.7 Å². The minimum absolute atomic E-state index is 0.0945. The zero-order valence-corrected chi connectivity index (χ0v) is 15.5. The molecule has 0 saturated carbocycles. The summed E-state index contributed by atoms with van der Waals surface area (Å²) < 4.78 is 11.0. The van der Waals surface area contributed by atoms with Gasteiger partial charge in [-0.15, -0.1) is 0 Å². The fourth-order valence-corrected chi connectivity index (χ4v) is 3.48. The summed E-state index contributed by atoms with van der Waals surface area (Å²) in [6, 6.07) is 0.457. The zero-order valence-electron chi connectivity index (χ0n) is 15.5. The molecule has 2 aliphatic rings. The minimum Gasteiger partial charge on any atom is -0.444 e. The minimum atomic E-state index is -0.437. The molecule has 0 aromatic rings. The summed E-state index contributed by atoms with van der Waals surface area (Å²) in [5, 5.41) is 3.71.